The van der Waals surface area contributed by atoms with Gasteiger partial charge in [0.25, 0.3) is 5.91 Å². The topological polar surface area (TPSA) is 50.7 Å². The SMILES string of the molecule is Cc1ccc(NC(=O)COc2ccc3ccccc3c2C=Nc2ccccc2)cc1Cl. The highest BCUT2D eigenvalue weighted by molar-refractivity contribution is 6.31. The Labute approximate surface area is 186 Å². The summed E-state index contributed by atoms with van der Waals surface area (Å²) in [6.07, 6.45) is 1.78. The van der Waals surface area contributed by atoms with Crippen molar-refractivity contribution in [3.05, 3.63) is 101 Å². The van der Waals surface area contributed by atoms with E-state index in [0.29, 0.717) is 16.5 Å². The summed E-state index contributed by atoms with van der Waals surface area (Å²) in [5.41, 5.74) is 3.26. The molecule has 0 spiro atoms. The molecule has 0 unspecified atom stereocenters. The van der Waals surface area contributed by atoms with E-state index in [2.05, 4.69) is 10.3 Å². The van der Waals surface area contributed by atoms with Crippen molar-refractivity contribution in [2.75, 3.05) is 11.9 Å². The molecule has 0 saturated carbocycles. The van der Waals surface area contributed by atoms with E-state index in [1.807, 2.05) is 85.8 Å². The summed E-state index contributed by atoms with van der Waals surface area (Å²) in [4.78, 5) is 17.0. The minimum absolute atomic E-state index is 0.129. The average molecular weight is 429 g/mol. The maximum atomic E-state index is 12.4. The fraction of sp³-hybridized carbons (Fsp3) is 0.0769. The minimum Gasteiger partial charge on any atom is -0.483 e. The molecule has 0 aliphatic heterocycles. The van der Waals surface area contributed by atoms with Gasteiger partial charge >= 0.3 is 0 Å². The van der Waals surface area contributed by atoms with Crippen LogP contribution in [0.1, 0.15) is 11.1 Å². The normalized spacial score (nSPS) is 11.0. The molecule has 5 heteroatoms. The Kier molecular flexibility index (Phi) is 6.29. The van der Waals surface area contributed by atoms with Gasteiger partial charge in [0.1, 0.15) is 5.75 Å². The number of halogens is 1. The van der Waals surface area contributed by atoms with Gasteiger partial charge in [0, 0.05) is 22.5 Å². The zero-order valence-electron chi connectivity index (χ0n) is 17.0. The molecule has 0 saturated heterocycles. The summed E-state index contributed by atoms with van der Waals surface area (Å²) in [5.74, 6) is 0.328. The van der Waals surface area contributed by atoms with E-state index in [0.717, 1.165) is 27.6 Å². The van der Waals surface area contributed by atoms with Crippen LogP contribution in [0.3, 0.4) is 0 Å². The number of nitrogens with zero attached hydrogens (tertiary/aromatic N) is 1. The first-order valence-corrected chi connectivity index (χ1v) is 10.3. The van der Waals surface area contributed by atoms with Crippen molar-refractivity contribution in [2.24, 2.45) is 4.99 Å². The number of hydrogen-bond acceptors (Lipinski definition) is 3. The Morgan fingerprint density at radius 2 is 1.77 bits per heavy atom. The lowest BCUT2D eigenvalue weighted by atomic mass is 10.0. The molecule has 1 amide bonds. The third-order valence-electron chi connectivity index (χ3n) is 4.84. The predicted octanol–water partition coefficient (Wildman–Crippen LogP) is 6.57. The number of carbonyl (C=O) groups is 1. The second kappa shape index (κ2) is 9.45. The molecule has 4 aromatic carbocycles. The number of nitrogens with one attached hydrogen (secondary N) is 1. The molecule has 0 atom stereocenters. The molecule has 4 rings (SSSR count). The molecule has 4 nitrogen and oxygen atoms in total. The largest absolute Gasteiger partial charge is 0.483 e. The highest BCUT2D eigenvalue weighted by Gasteiger charge is 2.10. The third kappa shape index (κ3) is 5.11. The van der Waals surface area contributed by atoms with Gasteiger partial charge in [0.2, 0.25) is 0 Å². The van der Waals surface area contributed by atoms with Crippen LogP contribution in [0.2, 0.25) is 5.02 Å². The number of aliphatic imine (C=N–C) groups is 1. The van der Waals surface area contributed by atoms with Crippen LogP contribution in [-0.4, -0.2) is 18.7 Å². The number of hydrogen-bond donors (Lipinski definition) is 1. The highest BCUT2D eigenvalue weighted by atomic mass is 35.5. The number of ether oxygens (including phenoxy) is 1. The number of fused-ring (bicyclic) bond motifs is 1. The van der Waals surface area contributed by atoms with Gasteiger partial charge in [-0.05, 0) is 53.6 Å². The van der Waals surface area contributed by atoms with Crippen molar-refractivity contribution >= 4 is 45.9 Å². The van der Waals surface area contributed by atoms with Crippen molar-refractivity contribution in [3.8, 4) is 5.75 Å². The van der Waals surface area contributed by atoms with E-state index >= 15 is 0 Å². The van der Waals surface area contributed by atoms with Crippen LogP contribution in [0.25, 0.3) is 10.8 Å². The molecule has 0 radical (unpaired) electrons. The van der Waals surface area contributed by atoms with Crippen molar-refractivity contribution in [2.45, 2.75) is 6.92 Å². The molecule has 1 N–H and O–H groups in total. The first-order valence-electron chi connectivity index (χ1n) is 9.90. The fourth-order valence-corrected chi connectivity index (χ4v) is 3.38. The molecule has 0 aliphatic carbocycles. The summed E-state index contributed by atoms with van der Waals surface area (Å²) >= 11 is 6.13. The Bertz CT molecular complexity index is 1250. The lowest BCUT2D eigenvalue weighted by molar-refractivity contribution is -0.118. The zero-order valence-corrected chi connectivity index (χ0v) is 17.8. The Morgan fingerprint density at radius 1 is 1.00 bits per heavy atom. The standard InChI is InChI=1S/C26H21ClN2O2/c1-18-11-13-21(15-24(18)27)29-26(30)17-31-25-14-12-19-7-5-6-10-22(19)23(25)16-28-20-8-3-2-4-9-20/h2-16H,17H2,1H3,(H,29,30). The van der Waals surface area contributed by atoms with Gasteiger partial charge in [-0.3, -0.25) is 9.79 Å². The molecule has 0 aromatic heterocycles. The molecule has 0 heterocycles. The number of benzene rings is 4. The fourth-order valence-electron chi connectivity index (χ4n) is 3.20. The van der Waals surface area contributed by atoms with E-state index in [4.69, 9.17) is 16.3 Å². The van der Waals surface area contributed by atoms with Crippen LogP contribution >= 0.6 is 11.6 Å². The van der Waals surface area contributed by atoms with Crippen LogP contribution in [0.15, 0.2) is 89.9 Å². The van der Waals surface area contributed by atoms with Gasteiger partial charge in [-0.2, -0.15) is 0 Å². The number of para-hydroxylation sites is 1. The van der Waals surface area contributed by atoms with E-state index in [1.54, 1.807) is 12.3 Å². The second-order valence-corrected chi connectivity index (χ2v) is 7.50. The predicted molar refractivity (Wildman–Crippen MR) is 128 cm³/mol. The van der Waals surface area contributed by atoms with E-state index < -0.39 is 0 Å². The number of aryl methyl sites for hydroxylation is 1. The highest BCUT2D eigenvalue weighted by Crippen LogP contribution is 2.28. The van der Waals surface area contributed by atoms with Crippen molar-refractivity contribution in [3.63, 3.8) is 0 Å². The Balaban J connectivity index is 1.56. The molecule has 31 heavy (non-hydrogen) atoms. The zero-order chi connectivity index (χ0) is 21.6. The second-order valence-electron chi connectivity index (χ2n) is 7.09. The van der Waals surface area contributed by atoms with E-state index in [9.17, 15) is 4.79 Å². The maximum Gasteiger partial charge on any atom is 0.262 e. The summed E-state index contributed by atoms with van der Waals surface area (Å²) in [6, 6.07) is 26.9. The average Bonchev–Trinajstić information content (AvgIpc) is 2.79. The molecule has 0 fully saturated rings. The van der Waals surface area contributed by atoms with Gasteiger partial charge in [0.05, 0.1) is 5.69 Å². The number of carbonyl (C=O) groups excluding carboxylic acids is 1. The van der Waals surface area contributed by atoms with Crippen molar-refractivity contribution in [1.29, 1.82) is 0 Å². The Hall–Kier alpha value is -3.63. The minimum atomic E-state index is -0.265. The first-order chi connectivity index (χ1) is 15.1. The quantitative estimate of drug-likeness (QED) is 0.353. The summed E-state index contributed by atoms with van der Waals surface area (Å²) in [6.45, 7) is 1.78. The lowest BCUT2D eigenvalue weighted by Gasteiger charge is -2.12. The molecular weight excluding hydrogens is 408 g/mol. The van der Waals surface area contributed by atoms with Gasteiger partial charge in [-0.15, -0.1) is 0 Å². The Morgan fingerprint density at radius 3 is 2.58 bits per heavy atom. The van der Waals surface area contributed by atoms with Crippen LogP contribution in [0.4, 0.5) is 11.4 Å². The number of rotatable bonds is 6. The third-order valence-corrected chi connectivity index (χ3v) is 5.25. The van der Waals surface area contributed by atoms with Gasteiger partial charge in [-0.1, -0.05) is 66.2 Å². The lowest BCUT2D eigenvalue weighted by Crippen LogP contribution is -2.20. The number of anilines is 1. The first kappa shape index (κ1) is 20.6. The van der Waals surface area contributed by atoms with Gasteiger partial charge in [-0.25, -0.2) is 0 Å². The monoisotopic (exact) mass is 428 g/mol. The van der Waals surface area contributed by atoms with Crippen LogP contribution in [0.5, 0.6) is 5.75 Å². The number of amides is 1. The van der Waals surface area contributed by atoms with Crippen LogP contribution in [0, 0.1) is 6.92 Å². The molecular formula is C26H21ClN2O2. The van der Waals surface area contributed by atoms with Crippen LogP contribution < -0.4 is 10.1 Å². The molecule has 0 aliphatic rings. The van der Waals surface area contributed by atoms with E-state index in [1.165, 1.54) is 0 Å². The van der Waals surface area contributed by atoms with Gasteiger partial charge < -0.3 is 10.1 Å². The van der Waals surface area contributed by atoms with Crippen LogP contribution in [-0.2, 0) is 4.79 Å². The van der Waals surface area contributed by atoms with Crippen molar-refractivity contribution < 1.29 is 9.53 Å². The molecule has 0 bridgehead atoms. The summed E-state index contributed by atoms with van der Waals surface area (Å²) in [7, 11) is 0. The van der Waals surface area contributed by atoms with Crippen molar-refractivity contribution in [1.82, 2.24) is 0 Å². The summed E-state index contributed by atoms with van der Waals surface area (Å²) < 4.78 is 5.89. The molecule has 154 valence electrons. The summed E-state index contributed by atoms with van der Waals surface area (Å²) in [5, 5.41) is 5.49. The van der Waals surface area contributed by atoms with E-state index in [-0.39, 0.29) is 12.5 Å². The maximum absolute atomic E-state index is 12.4. The van der Waals surface area contributed by atoms with Gasteiger partial charge in [0.15, 0.2) is 6.61 Å². The molecule has 4 aromatic rings. The smallest absolute Gasteiger partial charge is 0.262 e.